The first-order valence-corrected chi connectivity index (χ1v) is 7.04. The molecule has 0 saturated carbocycles. The number of rotatable bonds is 4. The van der Waals surface area contributed by atoms with Crippen molar-refractivity contribution in [3.63, 3.8) is 0 Å². The zero-order valence-electron chi connectivity index (χ0n) is 11.6. The molecule has 0 aliphatic rings. The number of nitro benzene ring substituents is 1. The first-order chi connectivity index (χ1) is 10.5. The SMILES string of the molecule is COc1ccc(/C=C(\C#N)c2ccc([N+](=O)[O-])cc2)cc1Br. The molecule has 0 fully saturated rings. The van der Waals surface area contributed by atoms with Gasteiger partial charge in [0.2, 0.25) is 0 Å². The lowest BCUT2D eigenvalue weighted by Gasteiger charge is -2.04. The van der Waals surface area contributed by atoms with Gasteiger partial charge in [-0.25, -0.2) is 0 Å². The van der Waals surface area contributed by atoms with E-state index in [-0.39, 0.29) is 5.69 Å². The fraction of sp³-hybridized carbons (Fsp3) is 0.0625. The molecule has 0 aliphatic carbocycles. The summed E-state index contributed by atoms with van der Waals surface area (Å²) in [5, 5.41) is 20.0. The van der Waals surface area contributed by atoms with Crippen molar-refractivity contribution in [3.8, 4) is 11.8 Å². The molecule has 0 saturated heterocycles. The average Bonchev–Trinajstić information content (AvgIpc) is 2.53. The third kappa shape index (κ3) is 3.51. The molecule has 0 amide bonds. The second kappa shape index (κ2) is 6.87. The second-order valence-electron chi connectivity index (χ2n) is 4.37. The maximum atomic E-state index is 10.6. The van der Waals surface area contributed by atoms with Crippen LogP contribution in [0.3, 0.4) is 0 Å². The second-order valence-corrected chi connectivity index (χ2v) is 5.22. The highest BCUT2D eigenvalue weighted by Gasteiger charge is 2.07. The van der Waals surface area contributed by atoms with E-state index in [1.54, 1.807) is 31.4 Å². The van der Waals surface area contributed by atoms with Crippen LogP contribution in [0.25, 0.3) is 11.6 Å². The van der Waals surface area contributed by atoms with E-state index in [9.17, 15) is 15.4 Å². The number of nitro groups is 1. The number of ether oxygens (including phenoxy) is 1. The molecule has 6 heteroatoms. The van der Waals surface area contributed by atoms with Crippen LogP contribution in [0.5, 0.6) is 5.75 Å². The first-order valence-electron chi connectivity index (χ1n) is 6.25. The monoisotopic (exact) mass is 358 g/mol. The molecule has 2 aromatic carbocycles. The van der Waals surface area contributed by atoms with E-state index in [2.05, 4.69) is 22.0 Å². The molecule has 0 aliphatic heterocycles. The van der Waals surface area contributed by atoms with Crippen molar-refractivity contribution >= 4 is 33.3 Å². The van der Waals surface area contributed by atoms with Crippen molar-refractivity contribution in [1.29, 1.82) is 5.26 Å². The number of hydrogen-bond donors (Lipinski definition) is 0. The highest BCUT2D eigenvalue weighted by Crippen LogP contribution is 2.28. The van der Waals surface area contributed by atoms with Gasteiger partial charge in [0.05, 0.1) is 28.1 Å². The van der Waals surface area contributed by atoms with Gasteiger partial charge in [0.1, 0.15) is 5.75 Å². The van der Waals surface area contributed by atoms with E-state index in [4.69, 9.17) is 4.74 Å². The number of non-ortho nitro benzene ring substituents is 1. The summed E-state index contributed by atoms with van der Waals surface area (Å²) >= 11 is 3.39. The molecular formula is C16H11BrN2O3. The fourth-order valence-electron chi connectivity index (χ4n) is 1.88. The van der Waals surface area contributed by atoms with Crippen LogP contribution in [0.15, 0.2) is 46.9 Å². The third-order valence-corrected chi connectivity index (χ3v) is 3.62. The highest BCUT2D eigenvalue weighted by atomic mass is 79.9. The van der Waals surface area contributed by atoms with Crippen molar-refractivity contribution in [1.82, 2.24) is 0 Å². The Balaban J connectivity index is 2.37. The Hall–Kier alpha value is -2.65. The molecule has 0 spiro atoms. The number of benzene rings is 2. The molecule has 0 aromatic heterocycles. The summed E-state index contributed by atoms with van der Waals surface area (Å²) in [6, 6.07) is 13.4. The third-order valence-electron chi connectivity index (χ3n) is 3.00. The smallest absolute Gasteiger partial charge is 0.269 e. The molecule has 0 N–H and O–H groups in total. The van der Waals surface area contributed by atoms with Crippen LogP contribution < -0.4 is 4.74 Å². The van der Waals surface area contributed by atoms with Gasteiger partial charge in [0, 0.05) is 12.1 Å². The van der Waals surface area contributed by atoms with Crippen LogP contribution in [0.1, 0.15) is 11.1 Å². The van der Waals surface area contributed by atoms with Crippen LogP contribution >= 0.6 is 15.9 Å². The van der Waals surface area contributed by atoms with Crippen molar-refractivity contribution in [2.24, 2.45) is 0 Å². The molecule has 2 rings (SSSR count). The first kappa shape index (κ1) is 15.7. The highest BCUT2D eigenvalue weighted by molar-refractivity contribution is 9.10. The molecule has 0 unspecified atom stereocenters. The summed E-state index contributed by atoms with van der Waals surface area (Å²) in [6.07, 6.45) is 1.71. The van der Waals surface area contributed by atoms with Crippen molar-refractivity contribution < 1.29 is 9.66 Å². The summed E-state index contributed by atoms with van der Waals surface area (Å²) in [7, 11) is 1.58. The van der Waals surface area contributed by atoms with E-state index in [1.165, 1.54) is 12.1 Å². The number of hydrogen-bond acceptors (Lipinski definition) is 4. The molecule has 0 atom stereocenters. The molecule has 0 bridgehead atoms. The van der Waals surface area contributed by atoms with E-state index in [1.807, 2.05) is 12.1 Å². The van der Waals surface area contributed by atoms with Crippen molar-refractivity contribution in [2.45, 2.75) is 0 Å². The minimum atomic E-state index is -0.472. The van der Waals surface area contributed by atoms with E-state index in [0.29, 0.717) is 16.9 Å². The standard InChI is InChI=1S/C16H11BrN2O3/c1-22-16-7-2-11(9-15(16)17)8-13(10-18)12-3-5-14(6-4-12)19(20)21/h2-9H,1H3/b13-8+. The minimum absolute atomic E-state index is 0.00627. The lowest BCUT2D eigenvalue weighted by atomic mass is 10.0. The Labute approximate surface area is 135 Å². The average molecular weight is 359 g/mol. The zero-order chi connectivity index (χ0) is 16.1. The summed E-state index contributed by atoms with van der Waals surface area (Å²) in [5.74, 6) is 0.700. The van der Waals surface area contributed by atoms with Gasteiger partial charge in [-0.2, -0.15) is 5.26 Å². The quantitative estimate of drug-likeness (QED) is 0.350. The van der Waals surface area contributed by atoms with Gasteiger partial charge in [-0.3, -0.25) is 10.1 Å². The number of halogens is 1. The molecule has 2 aromatic rings. The van der Waals surface area contributed by atoms with E-state index >= 15 is 0 Å². The van der Waals surface area contributed by atoms with Gasteiger partial charge >= 0.3 is 0 Å². The van der Waals surface area contributed by atoms with Crippen LogP contribution in [-0.4, -0.2) is 12.0 Å². The number of nitriles is 1. The number of methoxy groups -OCH3 is 1. The molecule has 0 radical (unpaired) electrons. The minimum Gasteiger partial charge on any atom is -0.496 e. The maximum absolute atomic E-state index is 10.6. The predicted molar refractivity (Wildman–Crippen MR) is 87.3 cm³/mol. The predicted octanol–water partition coefficient (Wildman–Crippen LogP) is 4.43. The summed E-state index contributed by atoms with van der Waals surface area (Å²) < 4.78 is 5.94. The van der Waals surface area contributed by atoms with Gasteiger partial charge < -0.3 is 4.74 Å². The summed E-state index contributed by atoms with van der Waals surface area (Å²) in [4.78, 5) is 10.2. The number of nitrogens with zero attached hydrogens (tertiary/aromatic N) is 2. The fourth-order valence-corrected chi connectivity index (χ4v) is 2.44. The Kier molecular flexibility index (Phi) is 4.92. The van der Waals surface area contributed by atoms with Crippen molar-refractivity contribution in [2.75, 3.05) is 7.11 Å². The topological polar surface area (TPSA) is 76.2 Å². The lowest BCUT2D eigenvalue weighted by Crippen LogP contribution is -1.89. The molecule has 22 heavy (non-hydrogen) atoms. The Morgan fingerprint density at radius 2 is 2.00 bits per heavy atom. The molecule has 5 nitrogen and oxygen atoms in total. The Morgan fingerprint density at radius 1 is 1.32 bits per heavy atom. The van der Waals surface area contributed by atoms with Gasteiger partial charge in [0.25, 0.3) is 5.69 Å². The summed E-state index contributed by atoms with van der Waals surface area (Å²) in [6.45, 7) is 0. The van der Waals surface area contributed by atoms with Gasteiger partial charge in [0.15, 0.2) is 0 Å². The Bertz CT molecular complexity index is 777. The largest absolute Gasteiger partial charge is 0.496 e. The molecule has 110 valence electrons. The van der Waals surface area contributed by atoms with E-state index < -0.39 is 4.92 Å². The summed E-state index contributed by atoms with van der Waals surface area (Å²) in [5.41, 5.74) is 1.86. The maximum Gasteiger partial charge on any atom is 0.269 e. The normalized spacial score (nSPS) is 10.9. The van der Waals surface area contributed by atoms with Crippen LogP contribution in [0.2, 0.25) is 0 Å². The van der Waals surface area contributed by atoms with Crippen LogP contribution in [0, 0.1) is 21.4 Å². The van der Waals surface area contributed by atoms with Gasteiger partial charge in [-0.1, -0.05) is 6.07 Å². The van der Waals surface area contributed by atoms with Crippen molar-refractivity contribution in [3.05, 3.63) is 68.2 Å². The van der Waals surface area contributed by atoms with Crippen LogP contribution in [-0.2, 0) is 0 Å². The van der Waals surface area contributed by atoms with E-state index in [0.717, 1.165) is 10.0 Å². The molecular weight excluding hydrogens is 348 g/mol. The van der Waals surface area contributed by atoms with Gasteiger partial charge in [-0.15, -0.1) is 0 Å². The lowest BCUT2D eigenvalue weighted by molar-refractivity contribution is -0.384. The van der Waals surface area contributed by atoms with Crippen LogP contribution in [0.4, 0.5) is 5.69 Å². The Morgan fingerprint density at radius 3 is 2.50 bits per heavy atom. The number of allylic oxidation sites excluding steroid dienone is 1. The zero-order valence-corrected chi connectivity index (χ0v) is 13.2. The molecule has 0 heterocycles. The van der Waals surface area contributed by atoms with Gasteiger partial charge in [-0.05, 0) is 57.4 Å².